The zero-order valence-electron chi connectivity index (χ0n) is 24.3. The predicted molar refractivity (Wildman–Crippen MR) is 181 cm³/mol. The fraction of sp³-hybridized carbons (Fsp3) is 0.303. The van der Waals surface area contributed by atoms with Crippen molar-refractivity contribution < 1.29 is 19.8 Å². The number of aryl methyl sites for hydroxylation is 1. The number of pyridine rings is 1. The van der Waals surface area contributed by atoms with Crippen LogP contribution in [0, 0.1) is 0 Å². The monoisotopic (exact) mass is 629 g/mol. The summed E-state index contributed by atoms with van der Waals surface area (Å²) in [5.41, 5.74) is 1.74. The molecular formula is C33H41Cl2N3O5. The Morgan fingerprint density at radius 3 is 1.72 bits per heavy atom. The van der Waals surface area contributed by atoms with Gasteiger partial charge in [-0.15, -0.1) is 51.1 Å². The lowest BCUT2D eigenvalue weighted by molar-refractivity contribution is 0.0685. The molecule has 0 saturated carbocycles. The highest BCUT2D eigenvalue weighted by Crippen LogP contribution is 2.32. The Balaban J connectivity index is 0.00000462. The average molecular weight is 631 g/mol. The third-order valence-electron chi connectivity index (χ3n) is 7.16. The van der Waals surface area contributed by atoms with Gasteiger partial charge in [0.1, 0.15) is 0 Å². The first kappa shape index (κ1) is 37.3. The molecule has 1 aromatic heterocycles. The number of rotatable bonds is 18. The summed E-state index contributed by atoms with van der Waals surface area (Å²) in [7, 11) is 0. The Labute approximate surface area is 264 Å². The number of carbonyl (C=O) groups is 2. The molecule has 232 valence electrons. The first-order valence-electron chi connectivity index (χ1n) is 13.7. The molecule has 0 amide bonds. The van der Waals surface area contributed by atoms with E-state index in [0.717, 1.165) is 36.0 Å². The van der Waals surface area contributed by atoms with Gasteiger partial charge in [-0.25, -0.2) is 9.59 Å². The van der Waals surface area contributed by atoms with Gasteiger partial charge in [-0.3, -0.25) is 14.6 Å². The normalized spacial score (nSPS) is 10.7. The molecule has 0 unspecified atom stereocenters. The molecule has 43 heavy (non-hydrogen) atoms. The van der Waals surface area contributed by atoms with E-state index >= 15 is 0 Å². The van der Waals surface area contributed by atoms with Gasteiger partial charge in [0.2, 0.25) is 0 Å². The van der Waals surface area contributed by atoms with E-state index in [-0.39, 0.29) is 41.3 Å². The van der Waals surface area contributed by atoms with E-state index in [0.29, 0.717) is 56.3 Å². The van der Waals surface area contributed by atoms with Crippen LogP contribution in [0.25, 0.3) is 21.7 Å². The van der Waals surface area contributed by atoms with Crippen LogP contribution in [0.2, 0.25) is 0 Å². The number of hydrogen-bond donors (Lipinski definition) is 3. The molecule has 8 nitrogen and oxygen atoms in total. The number of fused-ring (bicyclic) bond motifs is 3. The second-order valence-corrected chi connectivity index (χ2v) is 10.0. The minimum Gasteiger partial charge on any atom is -0.478 e. The topological polar surface area (TPSA) is 114 Å². The fourth-order valence-electron chi connectivity index (χ4n) is 5.41. The fourth-order valence-corrected chi connectivity index (χ4v) is 5.41. The van der Waals surface area contributed by atoms with Crippen molar-refractivity contribution in [2.45, 2.75) is 25.7 Å². The minimum absolute atomic E-state index is 0. The number of H-pyrrole nitrogens is 1. The second kappa shape index (κ2) is 18.1. The summed E-state index contributed by atoms with van der Waals surface area (Å²) in [5, 5.41) is 21.4. The van der Waals surface area contributed by atoms with Gasteiger partial charge in [-0.05, 0) is 73.5 Å². The van der Waals surface area contributed by atoms with Crippen molar-refractivity contribution in [1.29, 1.82) is 0 Å². The van der Waals surface area contributed by atoms with Gasteiger partial charge >= 0.3 is 11.9 Å². The Morgan fingerprint density at radius 1 is 0.744 bits per heavy atom. The summed E-state index contributed by atoms with van der Waals surface area (Å²) in [4.78, 5) is 44.4. The number of carboxylic acids is 2. The highest BCUT2D eigenvalue weighted by atomic mass is 35.5. The third kappa shape index (κ3) is 9.40. The van der Waals surface area contributed by atoms with Crippen LogP contribution in [-0.4, -0.2) is 76.2 Å². The van der Waals surface area contributed by atoms with E-state index in [1.807, 2.05) is 24.3 Å². The number of aromatic amines is 1. The van der Waals surface area contributed by atoms with Crippen LogP contribution in [0.1, 0.15) is 44.7 Å². The molecule has 0 fully saturated rings. The average Bonchev–Trinajstić information content (AvgIpc) is 2.93. The number of aromatic carboxylic acids is 2. The maximum Gasteiger partial charge on any atom is 0.336 e. The summed E-state index contributed by atoms with van der Waals surface area (Å²) in [6, 6.07) is 6.05. The maximum absolute atomic E-state index is 13.0. The van der Waals surface area contributed by atoms with Crippen LogP contribution >= 0.6 is 24.8 Å². The number of hydrogen-bond acceptors (Lipinski definition) is 5. The lowest BCUT2D eigenvalue weighted by atomic mass is 9.88. The Bertz CT molecular complexity index is 1510. The summed E-state index contributed by atoms with van der Waals surface area (Å²) >= 11 is 0. The molecule has 1 heterocycles. The summed E-state index contributed by atoms with van der Waals surface area (Å²) in [5.74, 6) is -2.18. The number of benzene rings is 2. The van der Waals surface area contributed by atoms with Crippen LogP contribution < -0.4 is 5.56 Å². The minimum atomic E-state index is -1.12. The van der Waals surface area contributed by atoms with Crippen LogP contribution in [0.3, 0.4) is 0 Å². The van der Waals surface area contributed by atoms with Crippen molar-refractivity contribution in [3.8, 4) is 0 Å². The lowest BCUT2D eigenvalue weighted by Gasteiger charge is -2.22. The molecule has 0 spiro atoms. The van der Waals surface area contributed by atoms with Crippen molar-refractivity contribution in [1.82, 2.24) is 14.8 Å². The molecule has 0 aliphatic rings. The summed E-state index contributed by atoms with van der Waals surface area (Å²) < 4.78 is 0. The van der Waals surface area contributed by atoms with Crippen molar-refractivity contribution in [2.75, 3.05) is 39.3 Å². The molecule has 0 atom stereocenters. The van der Waals surface area contributed by atoms with Crippen molar-refractivity contribution in [3.63, 3.8) is 0 Å². The smallest absolute Gasteiger partial charge is 0.336 e. The van der Waals surface area contributed by atoms with Gasteiger partial charge in [0, 0.05) is 37.0 Å². The maximum atomic E-state index is 13.0. The highest BCUT2D eigenvalue weighted by Gasteiger charge is 2.21. The van der Waals surface area contributed by atoms with Gasteiger partial charge in [0.15, 0.2) is 0 Å². The third-order valence-corrected chi connectivity index (χ3v) is 7.16. The standard InChI is InChI=1S/C33H39N3O5.2ClH/c1-5-15-35(16-6-2)19-9-11-24-25(12-10-20-36(17-7-3)18-8-4)30-26-14-13-23(32(38)39)21-27(26)31(37)34-29(30)22-28(24)33(40)41;;/h5-8,13-14,21-22H,1-4,9-12,15-20H2,(H,34,37)(H,38,39)(H,40,41);2*1H. The van der Waals surface area contributed by atoms with Gasteiger partial charge < -0.3 is 15.2 Å². The van der Waals surface area contributed by atoms with E-state index < -0.39 is 17.5 Å². The lowest BCUT2D eigenvalue weighted by Crippen LogP contribution is -2.26. The number of aromatic nitrogens is 1. The van der Waals surface area contributed by atoms with Crippen LogP contribution in [0.15, 0.2) is 79.7 Å². The van der Waals surface area contributed by atoms with Crippen molar-refractivity contribution in [3.05, 3.63) is 107 Å². The highest BCUT2D eigenvalue weighted by molar-refractivity contribution is 6.11. The molecule has 0 bridgehead atoms. The SMILES string of the molecule is C=CCN(CC=C)CCCc1c(C(=O)O)cc2[nH]c(=O)c3cc(C(=O)O)ccc3c2c1CCCN(CC=C)CC=C.Cl.Cl. The number of nitrogens with zero attached hydrogens (tertiary/aromatic N) is 2. The molecule has 10 heteroatoms. The van der Waals surface area contributed by atoms with E-state index in [1.165, 1.54) is 18.2 Å². The van der Waals surface area contributed by atoms with E-state index in [1.54, 1.807) is 6.07 Å². The largest absolute Gasteiger partial charge is 0.478 e. The number of halogens is 2. The van der Waals surface area contributed by atoms with Crippen LogP contribution in [-0.2, 0) is 12.8 Å². The van der Waals surface area contributed by atoms with Gasteiger partial charge in [0.05, 0.1) is 16.6 Å². The van der Waals surface area contributed by atoms with Gasteiger partial charge in [-0.2, -0.15) is 0 Å². The quantitative estimate of drug-likeness (QED) is 0.114. The van der Waals surface area contributed by atoms with Crippen molar-refractivity contribution in [2.24, 2.45) is 0 Å². The van der Waals surface area contributed by atoms with Crippen LogP contribution in [0.4, 0.5) is 0 Å². The molecule has 2 aromatic carbocycles. The molecule has 3 N–H and O–H groups in total. The summed E-state index contributed by atoms with van der Waals surface area (Å²) in [6.45, 7) is 19.6. The van der Waals surface area contributed by atoms with Gasteiger partial charge in [-0.1, -0.05) is 30.4 Å². The molecule has 0 saturated heterocycles. The van der Waals surface area contributed by atoms with E-state index in [2.05, 4.69) is 41.1 Å². The molecule has 0 aliphatic carbocycles. The first-order chi connectivity index (χ1) is 19.7. The zero-order valence-corrected chi connectivity index (χ0v) is 26.0. The number of nitrogens with one attached hydrogen (secondary N) is 1. The Kier molecular flexibility index (Phi) is 15.7. The van der Waals surface area contributed by atoms with E-state index in [4.69, 9.17) is 0 Å². The predicted octanol–water partition coefficient (Wildman–Crippen LogP) is 6.13. The zero-order chi connectivity index (χ0) is 29.9. The molecule has 0 aliphatic heterocycles. The molecule has 3 rings (SSSR count). The number of carboxylic acid groups (broad SMARTS) is 2. The van der Waals surface area contributed by atoms with Gasteiger partial charge in [0.25, 0.3) is 5.56 Å². The molecular weight excluding hydrogens is 589 g/mol. The first-order valence-corrected chi connectivity index (χ1v) is 13.7. The van der Waals surface area contributed by atoms with E-state index in [9.17, 15) is 24.6 Å². The summed E-state index contributed by atoms with van der Waals surface area (Å²) in [6.07, 6.45) is 9.89. The Morgan fingerprint density at radius 2 is 1.26 bits per heavy atom. The second-order valence-electron chi connectivity index (χ2n) is 10.0. The molecule has 3 aromatic rings. The Hall–Kier alpha value is -3.69. The molecule has 0 radical (unpaired) electrons. The van der Waals surface area contributed by atoms with Crippen LogP contribution in [0.5, 0.6) is 0 Å². The van der Waals surface area contributed by atoms with Crippen molar-refractivity contribution >= 4 is 58.4 Å².